The van der Waals surface area contributed by atoms with Crippen LogP contribution in [0.2, 0.25) is 0 Å². The zero-order valence-corrected chi connectivity index (χ0v) is 11.0. The fourth-order valence-electron chi connectivity index (χ4n) is 1.51. The van der Waals surface area contributed by atoms with Gasteiger partial charge < -0.3 is 0 Å². The van der Waals surface area contributed by atoms with Gasteiger partial charge in [0.2, 0.25) is 0 Å². The maximum atomic E-state index is 13.0. The molecule has 2 rings (SSSR count). The number of aryl methyl sites for hydroxylation is 1. The summed E-state index contributed by atoms with van der Waals surface area (Å²) in [6, 6.07) is 2.77. The maximum Gasteiger partial charge on any atom is 0.265 e. The predicted octanol–water partition coefficient (Wildman–Crippen LogP) is 1.81. The molecule has 1 aromatic carbocycles. The Bertz CT molecular complexity index is 726. The van der Waals surface area contributed by atoms with Crippen molar-refractivity contribution in [3.63, 3.8) is 0 Å². The zero-order valence-electron chi connectivity index (χ0n) is 10.2. The molecule has 0 saturated heterocycles. The molecule has 1 heterocycles. The maximum absolute atomic E-state index is 13.0. The lowest BCUT2D eigenvalue weighted by atomic mass is 10.3. The molecule has 0 radical (unpaired) electrons. The van der Waals surface area contributed by atoms with Crippen molar-refractivity contribution in [2.45, 2.75) is 11.8 Å². The lowest BCUT2D eigenvalue weighted by molar-refractivity contribution is 0.509. The second kappa shape index (κ2) is 4.61. The Hall–Kier alpha value is -1.96. The van der Waals surface area contributed by atoms with Crippen LogP contribution in [0.15, 0.2) is 29.3 Å². The van der Waals surface area contributed by atoms with E-state index < -0.39 is 21.7 Å². The molecule has 0 bridgehead atoms. The highest BCUT2D eigenvalue weighted by molar-refractivity contribution is 7.92. The Morgan fingerprint density at radius 2 is 1.95 bits per heavy atom. The third-order valence-corrected chi connectivity index (χ3v) is 4.14. The number of hydrogen-bond acceptors (Lipinski definition) is 3. The number of halogens is 2. The quantitative estimate of drug-likeness (QED) is 0.936. The number of hydrogen-bond donors (Lipinski definition) is 1. The second-order valence-electron chi connectivity index (χ2n) is 3.95. The molecule has 8 heteroatoms. The number of benzene rings is 1. The van der Waals surface area contributed by atoms with Crippen LogP contribution in [-0.2, 0) is 17.1 Å². The van der Waals surface area contributed by atoms with E-state index in [0.29, 0.717) is 5.69 Å². The van der Waals surface area contributed by atoms with Gasteiger partial charge in [0.25, 0.3) is 10.0 Å². The molecule has 0 saturated carbocycles. The van der Waals surface area contributed by atoms with Crippen LogP contribution in [0.25, 0.3) is 0 Å². The number of rotatable bonds is 3. The molecule has 0 fully saturated rings. The van der Waals surface area contributed by atoms with Gasteiger partial charge in [-0.2, -0.15) is 5.10 Å². The summed E-state index contributed by atoms with van der Waals surface area (Å²) in [6.07, 6.45) is 1.19. The molecule has 0 aliphatic rings. The van der Waals surface area contributed by atoms with Gasteiger partial charge in [0.05, 0.1) is 17.6 Å². The fourth-order valence-corrected chi connectivity index (χ4v) is 2.77. The molecular formula is C11H11F2N3O2S. The summed E-state index contributed by atoms with van der Waals surface area (Å²) < 4.78 is 53.4. The van der Waals surface area contributed by atoms with Gasteiger partial charge in [-0.25, -0.2) is 17.2 Å². The standard InChI is InChI=1S/C11H11F2N3O2S/c1-7-11(6-14-16(7)2)19(17,18)15-8-3-4-9(12)10(13)5-8/h3-6,15H,1-2H3. The number of sulfonamides is 1. The summed E-state index contributed by atoms with van der Waals surface area (Å²) in [7, 11) is -2.27. The first-order valence-electron chi connectivity index (χ1n) is 5.28. The molecule has 0 spiro atoms. The summed E-state index contributed by atoms with van der Waals surface area (Å²) in [5.41, 5.74) is 0.386. The molecule has 0 amide bonds. The van der Waals surface area contributed by atoms with Crippen LogP contribution in [0.5, 0.6) is 0 Å². The van der Waals surface area contributed by atoms with Crippen molar-refractivity contribution >= 4 is 15.7 Å². The molecule has 0 atom stereocenters. The number of nitrogens with zero attached hydrogens (tertiary/aromatic N) is 2. The normalized spacial score (nSPS) is 11.6. The molecule has 0 unspecified atom stereocenters. The molecule has 19 heavy (non-hydrogen) atoms. The average molecular weight is 287 g/mol. The number of anilines is 1. The van der Waals surface area contributed by atoms with E-state index >= 15 is 0 Å². The largest absolute Gasteiger partial charge is 0.279 e. The van der Waals surface area contributed by atoms with Gasteiger partial charge in [0.1, 0.15) is 4.90 Å². The first-order valence-corrected chi connectivity index (χ1v) is 6.76. The van der Waals surface area contributed by atoms with E-state index in [1.54, 1.807) is 14.0 Å². The fraction of sp³-hybridized carbons (Fsp3) is 0.182. The van der Waals surface area contributed by atoms with Gasteiger partial charge in [0, 0.05) is 13.1 Å². The average Bonchev–Trinajstić information content (AvgIpc) is 2.65. The molecule has 5 nitrogen and oxygen atoms in total. The minimum atomic E-state index is -3.88. The lowest BCUT2D eigenvalue weighted by Gasteiger charge is -2.07. The highest BCUT2D eigenvalue weighted by atomic mass is 32.2. The molecular weight excluding hydrogens is 276 g/mol. The van der Waals surface area contributed by atoms with Crippen molar-refractivity contribution in [1.82, 2.24) is 9.78 Å². The van der Waals surface area contributed by atoms with Gasteiger partial charge in [0.15, 0.2) is 11.6 Å². The Morgan fingerprint density at radius 3 is 2.47 bits per heavy atom. The molecule has 1 aromatic heterocycles. The highest BCUT2D eigenvalue weighted by Gasteiger charge is 2.20. The Kier molecular flexibility index (Phi) is 3.27. The number of aromatic nitrogens is 2. The topological polar surface area (TPSA) is 64.0 Å². The van der Waals surface area contributed by atoms with Crippen LogP contribution in [0.1, 0.15) is 5.69 Å². The van der Waals surface area contributed by atoms with Crippen LogP contribution in [0.4, 0.5) is 14.5 Å². The molecule has 0 aliphatic heterocycles. The van der Waals surface area contributed by atoms with E-state index in [-0.39, 0.29) is 10.6 Å². The van der Waals surface area contributed by atoms with Crippen molar-refractivity contribution in [2.75, 3.05) is 4.72 Å². The van der Waals surface area contributed by atoms with Gasteiger partial charge in [-0.05, 0) is 19.1 Å². The third kappa shape index (κ3) is 2.58. The van der Waals surface area contributed by atoms with Crippen LogP contribution >= 0.6 is 0 Å². The van der Waals surface area contributed by atoms with Gasteiger partial charge in [-0.1, -0.05) is 0 Å². The molecule has 0 aliphatic carbocycles. The first-order chi connectivity index (χ1) is 8.81. The van der Waals surface area contributed by atoms with Crippen LogP contribution < -0.4 is 4.72 Å². The van der Waals surface area contributed by atoms with Crippen molar-refractivity contribution in [2.24, 2.45) is 7.05 Å². The van der Waals surface area contributed by atoms with Crippen LogP contribution in [-0.4, -0.2) is 18.2 Å². The van der Waals surface area contributed by atoms with E-state index in [2.05, 4.69) is 9.82 Å². The zero-order chi connectivity index (χ0) is 14.2. The van der Waals surface area contributed by atoms with Crippen molar-refractivity contribution in [3.8, 4) is 0 Å². The SMILES string of the molecule is Cc1c(S(=O)(=O)Nc2ccc(F)c(F)c2)cnn1C. The third-order valence-electron chi connectivity index (χ3n) is 2.65. The van der Waals surface area contributed by atoms with E-state index in [1.807, 2.05) is 0 Å². The predicted molar refractivity (Wildman–Crippen MR) is 65.1 cm³/mol. The summed E-state index contributed by atoms with van der Waals surface area (Å²) in [6.45, 7) is 1.59. The summed E-state index contributed by atoms with van der Waals surface area (Å²) in [5, 5.41) is 3.82. The summed E-state index contributed by atoms with van der Waals surface area (Å²) >= 11 is 0. The van der Waals surface area contributed by atoms with E-state index in [1.165, 1.54) is 10.9 Å². The van der Waals surface area contributed by atoms with Crippen molar-refractivity contribution in [1.29, 1.82) is 0 Å². The van der Waals surface area contributed by atoms with Crippen LogP contribution in [0.3, 0.4) is 0 Å². The second-order valence-corrected chi connectivity index (χ2v) is 5.60. The Labute approximate surface area is 108 Å². The minimum absolute atomic E-state index is 0.0141. The van der Waals surface area contributed by atoms with E-state index in [0.717, 1.165) is 18.2 Å². The van der Waals surface area contributed by atoms with Crippen LogP contribution in [0, 0.1) is 18.6 Å². The van der Waals surface area contributed by atoms with Gasteiger partial charge >= 0.3 is 0 Å². The lowest BCUT2D eigenvalue weighted by Crippen LogP contribution is -2.14. The Balaban J connectivity index is 2.36. The molecule has 2 aromatic rings. The van der Waals surface area contributed by atoms with E-state index in [4.69, 9.17) is 0 Å². The van der Waals surface area contributed by atoms with E-state index in [9.17, 15) is 17.2 Å². The number of nitrogens with one attached hydrogen (secondary N) is 1. The van der Waals surface area contributed by atoms with Crippen molar-refractivity contribution in [3.05, 3.63) is 41.7 Å². The molecule has 102 valence electrons. The van der Waals surface area contributed by atoms with Gasteiger partial charge in [-0.3, -0.25) is 9.40 Å². The summed E-state index contributed by atoms with van der Waals surface area (Å²) in [4.78, 5) is -0.0141. The smallest absolute Gasteiger partial charge is 0.265 e. The highest BCUT2D eigenvalue weighted by Crippen LogP contribution is 2.20. The summed E-state index contributed by atoms with van der Waals surface area (Å²) in [5.74, 6) is -2.16. The monoisotopic (exact) mass is 287 g/mol. The minimum Gasteiger partial charge on any atom is -0.279 e. The Morgan fingerprint density at radius 1 is 1.26 bits per heavy atom. The first kappa shape index (κ1) is 13.5. The van der Waals surface area contributed by atoms with Gasteiger partial charge in [-0.15, -0.1) is 0 Å². The molecule has 1 N–H and O–H groups in total. The van der Waals surface area contributed by atoms with Crippen molar-refractivity contribution < 1.29 is 17.2 Å².